The molecule has 7 nitrogen and oxygen atoms in total. The molecule has 7 heteroatoms. The van der Waals surface area contributed by atoms with Crippen molar-refractivity contribution in [1.82, 2.24) is 29.5 Å². The third-order valence-corrected chi connectivity index (χ3v) is 6.46. The van der Waals surface area contributed by atoms with E-state index in [1.807, 2.05) is 41.9 Å². The zero-order chi connectivity index (χ0) is 21.1. The molecule has 0 bridgehead atoms. The molecule has 0 N–H and O–H groups in total. The van der Waals surface area contributed by atoms with Gasteiger partial charge in [0, 0.05) is 63.3 Å². The summed E-state index contributed by atoms with van der Waals surface area (Å²) in [5.74, 6) is 0.943. The molecule has 1 amide bonds. The fraction of sp³-hybridized carbons (Fsp3) is 0.609. The van der Waals surface area contributed by atoms with Crippen molar-refractivity contribution in [3.05, 3.63) is 41.5 Å². The van der Waals surface area contributed by atoms with E-state index in [2.05, 4.69) is 28.0 Å². The van der Waals surface area contributed by atoms with E-state index in [0.29, 0.717) is 6.54 Å². The third-order valence-electron chi connectivity index (χ3n) is 6.46. The molecule has 0 aliphatic carbocycles. The lowest BCUT2D eigenvalue weighted by molar-refractivity contribution is -0.131. The van der Waals surface area contributed by atoms with Gasteiger partial charge in [0.25, 0.3) is 0 Å². The Kier molecular flexibility index (Phi) is 6.49. The monoisotopic (exact) mass is 410 g/mol. The van der Waals surface area contributed by atoms with E-state index in [1.165, 1.54) is 24.9 Å². The topological polar surface area (TPSA) is 57.5 Å². The molecule has 2 aliphatic rings. The summed E-state index contributed by atoms with van der Waals surface area (Å²) >= 11 is 0. The summed E-state index contributed by atoms with van der Waals surface area (Å²) in [5, 5.41) is 4.76. The quantitative estimate of drug-likeness (QED) is 0.730. The van der Waals surface area contributed by atoms with Crippen LogP contribution in [0.3, 0.4) is 0 Å². The van der Waals surface area contributed by atoms with E-state index in [-0.39, 0.29) is 5.91 Å². The van der Waals surface area contributed by atoms with Crippen molar-refractivity contribution in [3.8, 4) is 5.69 Å². The Balaban J connectivity index is 1.29. The highest BCUT2D eigenvalue weighted by Gasteiger charge is 2.24. The number of likely N-dealkylation sites (tertiary alicyclic amines) is 1. The van der Waals surface area contributed by atoms with Gasteiger partial charge in [-0.05, 0) is 57.8 Å². The molecule has 2 aromatic heterocycles. The molecule has 0 saturated carbocycles. The highest BCUT2D eigenvalue weighted by Crippen LogP contribution is 2.21. The fourth-order valence-electron chi connectivity index (χ4n) is 4.63. The number of hydrogen-bond donors (Lipinski definition) is 0. The number of nitrogens with zero attached hydrogens (tertiary/aromatic N) is 6. The Morgan fingerprint density at radius 1 is 1.33 bits per heavy atom. The number of fused-ring (bicyclic) bond motifs is 1. The van der Waals surface area contributed by atoms with Gasteiger partial charge >= 0.3 is 0 Å². The van der Waals surface area contributed by atoms with Gasteiger partial charge in [-0.2, -0.15) is 5.10 Å². The number of carbonyl (C=O) groups is 1. The predicted octanol–water partition coefficient (Wildman–Crippen LogP) is 2.12. The summed E-state index contributed by atoms with van der Waals surface area (Å²) in [6, 6.07) is 4.02. The average Bonchev–Trinajstić information content (AvgIpc) is 3.15. The number of hydrogen-bond acceptors (Lipinski definition) is 5. The van der Waals surface area contributed by atoms with Crippen LogP contribution in [0.1, 0.15) is 36.2 Å². The van der Waals surface area contributed by atoms with E-state index in [0.717, 1.165) is 62.0 Å². The van der Waals surface area contributed by atoms with Crippen LogP contribution in [0.15, 0.2) is 24.5 Å². The smallest absolute Gasteiger partial charge is 0.236 e. The van der Waals surface area contributed by atoms with Crippen molar-refractivity contribution in [2.75, 3.05) is 46.8 Å². The molecule has 0 radical (unpaired) electrons. The van der Waals surface area contributed by atoms with Crippen molar-refractivity contribution >= 4 is 5.91 Å². The standard InChI is InChI=1S/C23H34N6O/c1-18-13-21(6-9-24-18)29-16-20-15-28(12-8-22(20)25-29)17-23(30)27(3)11-7-19-5-4-10-26(2)14-19/h6,9,13,16,19H,4-5,7-8,10-12,14-15,17H2,1-3H3. The molecule has 1 saturated heterocycles. The normalized spacial score (nSPS) is 20.2. The SMILES string of the molecule is Cc1cc(-n2cc3c(n2)CCN(CC(=O)N(C)CCC2CCCN(C)C2)C3)ccn1. The predicted molar refractivity (Wildman–Crippen MR) is 118 cm³/mol. The molecule has 1 unspecified atom stereocenters. The van der Waals surface area contributed by atoms with Gasteiger partial charge in [0.2, 0.25) is 5.91 Å². The first-order valence-corrected chi connectivity index (χ1v) is 11.1. The van der Waals surface area contributed by atoms with Crippen LogP contribution in [-0.4, -0.2) is 82.2 Å². The number of aromatic nitrogens is 3. The van der Waals surface area contributed by atoms with Crippen LogP contribution in [0, 0.1) is 12.8 Å². The summed E-state index contributed by atoms with van der Waals surface area (Å²) in [6.45, 7) is 7.37. The number of pyridine rings is 1. The minimum absolute atomic E-state index is 0.222. The molecule has 30 heavy (non-hydrogen) atoms. The Morgan fingerprint density at radius 2 is 2.20 bits per heavy atom. The molecule has 4 rings (SSSR count). The third kappa shape index (κ3) is 5.08. The van der Waals surface area contributed by atoms with Crippen molar-refractivity contribution in [1.29, 1.82) is 0 Å². The summed E-state index contributed by atoms with van der Waals surface area (Å²) in [7, 11) is 4.15. The largest absolute Gasteiger partial charge is 0.345 e. The second kappa shape index (κ2) is 9.27. The van der Waals surface area contributed by atoms with Crippen LogP contribution in [-0.2, 0) is 17.8 Å². The first-order valence-electron chi connectivity index (χ1n) is 11.1. The molecular weight excluding hydrogens is 376 g/mol. The molecule has 0 aromatic carbocycles. The van der Waals surface area contributed by atoms with Gasteiger partial charge in [0.15, 0.2) is 0 Å². The highest BCUT2D eigenvalue weighted by molar-refractivity contribution is 5.78. The maximum atomic E-state index is 12.8. The van der Waals surface area contributed by atoms with Crippen LogP contribution < -0.4 is 0 Å². The van der Waals surface area contributed by atoms with Crippen LogP contribution in [0.25, 0.3) is 5.69 Å². The number of piperidine rings is 1. The molecule has 4 heterocycles. The highest BCUT2D eigenvalue weighted by atomic mass is 16.2. The summed E-state index contributed by atoms with van der Waals surface area (Å²) in [6.07, 6.45) is 8.48. The van der Waals surface area contributed by atoms with E-state index < -0.39 is 0 Å². The molecule has 1 atom stereocenters. The van der Waals surface area contributed by atoms with E-state index in [4.69, 9.17) is 5.10 Å². The molecule has 0 spiro atoms. The van der Waals surface area contributed by atoms with Gasteiger partial charge in [-0.3, -0.25) is 14.7 Å². The van der Waals surface area contributed by atoms with Crippen LogP contribution in [0.2, 0.25) is 0 Å². The second-order valence-electron chi connectivity index (χ2n) is 9.04. The van der Waals surface area contributed by atoms with Gasteiger partial charge in [0.05, 0.1) is 17.9 Å². The van der Waals surface area contributed by atoms with Gasteiger partial charge in [-0.25, -0.2) is 4.68 Å². The molecule has 2 aromatic rings. The zero-order valence-electron chi connectivity index (χ0n) is 18.5. The Bertz CT molecular complexity index is 878. The number of carbonyl (C=O) groups excluding carboxylic acids is 1. The Hall–Kier alpha value is -2.25. The van der Waals surface area contributed by atoms with Crippen molar-refractivity contribution < 1.29 is 4.79 Å². The van der Waals surface area contributed by atoms with E-state index in [1.54, 1.807) is 0 Å². The molecule has 1 fully saturated rings. The van der Waals surface area contributed by atoms with Gasteiger partial charge in [-0.1, -0.05) is 0 Å². The van der Waals surface area contributed by atoms with Gasteiger partial charge in [0.1, 0.15) is 0 Å². The Morgan fingerprint density at radius 3 is 3.00 bits per heavy atom. The van der Waals surface area contributed by atoms with Crippen molar-refractivity contribution in [2.24, 2.45) is 5.92 Å². The summed E-state index contributed by atoms with van der Waals surface area (Å²) < 4.78 is 1.94. The fourth-order valence-corrected chi connectivity index (χ4v) is 4.63. The molecule has 162 valence electrons. The number of aryl methyl sites for hydroxylation is 1. The van der Waals surface area contributed by atoms with E-state index >= 15 is 0 Å². The first-order chi connectivity index (χ1) is 14.5. The van der Waals surface area contributed by atoms with Crippen LogP contribution in [0.4, 0.5) is 0 Å². The van der Waals surface area contributed by atoms with Crippen LogP contribution >= 0.6 is 0 Å². The Labute approximate surface area is 179 Å². The summed E-state index contributed by atoms with van der Waals surface area (Å²) in [4.78, 5) is 23.6. The second-order valence-corrected chi connectivity index (χ2v) is 9.04. The van der Waals surface area contributed by atoms with E-state index in [9.17, 15) is 4.79 Å². The van der Waals surface area contributed by atoms with Crippen molar-refractivity contribution in [2.45, 2.75) is 39.2 Å². The van der Waals surface area contributed by atoms with Crippen LogP contribution in [0.5, 0.6) is 0 Å². The average molecular weight is 411 g/mol. The minimum atomic E-state index is 0.222. The molecule has 2 aliphatic heterocycles. The number of likely N-dealkylation sites (N-methyl/N-ethyl adjacent to an activating group) is 1. The van der Waals surface area contributed by atoms with Gasteiger partial charge in [-0.15, -0.1) is 0 Å². The first kappa shape index (κ1) is 21.0. The number of amides is 1. The molecular formula is C23H34N6O. The summed E-state index contributed by atoms with van der Waals surface area (Å²) in [5.41, 5.74) is 4.38. The van der Waals surface area contributed by atoms with Crippen molar-refractivity contribution in [3.63, 3.8) is 0 Å². The lowest BCUT2D eigenvalue weighted by Crippen LogP contribution is -2.41. The number of rotatable bonds is 6. The zero-order valence-corrected chi connectivity index (χ0v) is 18.5. The lowest BCUT2D eigenvalue weighted by Gasteiger charge is -2.31. The maximum Gasteiger partial charge on any atom is 0.236 e. The van der Waals surface area contributed by atoms with Gasteiger partial charge < -0.3 is 9.80 Å². The maximum absolute atomic E-state index is 12.8. The lowest BCUT2D eigenvalue weighted by atomic mass is 9.95. The minimum Gasteiger partial charge on any atom is -0.345 e.